The highest BCUT2D eigenvalue weighted by molar-refractivity contribution is 6.07. The Kier molecular flexibility index (Phi) is 3.87. The van der Waals surface area contributed by atoms with Crippen LogP contribution in [0.2, 0.25) is 0 Å². The molecule has 5 heterocycles. The Hall–Kier alpha value is -4.02. The normalized spacial score (nSPS) is 23.3. The van der Waals surface area contributed by atoms with Gasteiger partial charge in [0.2, 0.25) is 23.7 Å². The summed E-state index contributed by atoms with van der Waals surface area (Å²) in [7, 11) is 0. The lowest BCUT2D eigenvalue weighted by atomic mass is 9.85. The second-order valence-corrected chi connectivity index (χ2v) is 9.42. The minimum absolute atomic E-state index is 0.0303. The second-order valence-electron chi connectivity index (χ2n) is 9.42. The van der Waals surface area contributed by atoms with Gasteiger partial charge in [-0.2, -0.15) is 4.98 Å². The number of hydrogen-bond acceptors (Lipinski definition) is 8. The number of anilines is 4. The van der Waals surface area contributed by atoms with Crippen LogP contribution in [0.15, 0.2) is 30.6 Å². The molecule has 3 aliphatic heterocycles. The van der Waals surface area contributed by atoms with Crippen molar-refractivity contribution in [3.8, 4) is 0 Å². The van der Waals surface area contributed by atoms with Crippen LogP contribution >= 0.6 is 0 Å². The molecular weight excluding hydrogens is 424 g/mol. The van der Waals surface area contributed by atoms with Gasteiger partial charge in [-0.1, -0.05) is 6.07 Å². The maximum Gasteiger partial charge on any atom is 0.247 e. The summed E-state index contributed by atoms with van der Waals surface area (Å²) >= 11 is 0. The van der Waals surface area contributed by atoms with Crippen LogP contribution in [0, 0.1) is 5.41 Å². The number of carbonyl (C=O) groups is 3. The van der Waals surface area contributed by atoms with Crippen LogP contribution in [-0.4, -0.2) is 50.4 Å². The summed E-state index contributed by atoms with van der Waals surface area (Å²) < 4.78 is 1.63. The molecule has 3 amide bonds. The first-order valence-electron chi connectivity index (χ1n) is 10.8. The van der Waals surface area contributed by atoms with Crippen LogP contribution in [0.1, 0.15) is 32.3 Å². The molecule has 3 N–H and O–H groups in total. The Labute approximate surface area is 188 Å². The fourth-order valence-corrected chi connectivity index (χ4v) is 4.95. The third-order valence-electron chi connectivity index (χ3n) is 6.89. The van der Waals surface area contributed by atoms with Gasteiger partial charge in [-0.25, -0.2) is 9.50 Å². The van der Waals surface area contributed by atoms with Crippen LogP contribution in [0.25, 0.3) is 5.65 Å². The number of nitrogens with one attached hydrogen (secondary N) is 3. The molecule has 3 aliphatic rings. The summed E-state index contributed by atoms with van der Waals surface area (Å²) in [6.07, 6.45) is 4.14. The third kappa shape index (κ3) is 2.88. The van der Waals surface area contributed by atoms with Crippen LogP contribution in [0.5, 0.6) is 0 Å². The fraction of sp³-hybridized carbons (Fsp3) is 0.364. The van der Waals surface area contributed by atoms with Crippen molar-refractivity contribution < 1.29 is 14.4 Å². The molecule has 2 aromatic heterocycles. The van der Waals surface area contributed by atoms with Crippen molar-refractivity contribution in [1.82, 2.24) is 24.9 Å². The van der Waals surface area contributed by atoms with Crippen LogP contribution in [0.4, 0.5) is 23.1 Å². The number of hydrogen-bond donors (Lipinski definition) is 3. The SMILES string of the molecule is CC1(C)C(=O)Nc2cc(Nc3nc4c(N5CC[C@]6(CC(=O)NC6=O)C5)nccn4n3)ccc21. The average Bonchev–Trinajstić information content (AvgIpc) is 3.48. The van der Waals surface area contributed by atoms with E-state index in [-0.39, 0.29) is 24.1 Å². The zero-order valence-electron chi connectivity index (χ0n) is 18.2. The molecule has 0 unspecified atom stereocenters. The first-order chi connectivity index (χ1) is 15.7. The summed E-state index contributed by atoms with van der Waals surface area (Å²) in [4.78, 5) is 47.4. The van der Waals surface area contributed by atoms with E-state index in [1.165, 1.54) is 0 Å². The molecule has 168 valence electrons. The average molecular weight is 446 g/mol. The minimum Gasteiger partial charge on any atom is -0.352 e. The summed E-state index contributed by atoms with van der Waals surface area (Å²) in [5.41, 5.74) is 1.76. The van der Waals surface area contributed by atoms with Gasteiger partial charge in [-0.3, -0.25) is 19.7 Å². The molecule has 0 aliphatic carbocycles. The first kappa shape index (κ1) is 19.6. The molecule has 0 bridgehead atoms. The van der Waals surface area contributed by atoms with Gasteiger partial charge >= 0.3 is 0 Å². The molecular formula is C22H22N8O3. The number of benzene rings is 1. The van der Waals surface area contributed by atoms with E-state index in [1.54, 1.807) is 16.9 Å². The smallest absolute Gasteiger partial charge is 0.247 e. The zero-order chi connectivity index (χ0) is 23.0. The molecule has 2 fully saturated rings. The minimum atomic E-state index is -0.699. The maximum absolute atomic E-state index is 12.3. The summed E-state index contributed by atoms with van der Waals surface area (Å²) in [5, 5.41) is 13.0. The van der Waals surface area contributed by atoms with Crippen molar-refractivity contribution >= 4 is 46.5 Å². The zero-order valence-corrected chi connectivity index (χ0v) is 18.2. The maximum atomic E-state index is 12.3. The van der Waals surface area contributed by atoms with E-state index >= 15 is 0 Å². The Balaban J connectivity index is 1.28. The number of carbonyl (C=O) groups excluding carboxylic acids is 3. The van der Waals surface area contributed by atoms with E-state index in [0.29, 0.717) is 36.9 Å². The third-order valence-corrected chi connectivity index (χ3v) is 6.89. The number of amides is 3. The molecule has 2 saturated heterocycles. The van der Waals surface area contributed by atoms with Crippen LogP contribution in [0.3, 0.4) is 0 Å². The number of imide groups is 1. The molecule has 1 spiro atoms. The summed E-state index contributed by atoms with van der Waals surface area (Å²) in [6, 6.07) is 5.69. The van der Waals surface area contributed by atoms with Gasteiger partial charge in [0, 0.05) is 43.3 Å². The van der Waals surface area contributed by atoms with E-state index in [4.69, 9.17) is 0 Å². The van der Waals surface area contributed by atoms with Crippen molar-refractivity contribution in [2.45, 2.75) is 32.1 Å². The molecule has 0 saturated carbocycles. The molecule has 0 radical (unpaired) electrons. The quantitative estimate of drug-likeness (QED) is 0.513. The van der Waals surface area contributed by atoms with Gasteiger partial charge in [-0.15, -0.1) is 5.10 Å². The second kappa shape index (κ2) is 6.50. The van der Waals surface area contributed by atoms with E-state index in [9.17, 15) is 14.4 Å². The van der Waals surface area contributed by atoms with E-state index in [0.717, 1.165) is 16.9 Å². The predicted octanol–water partition coefficient (Wildman–Crippen LogP) is 1.34. The van der Waals surface area contributed by atoms with Gasteiger partial charge < -0.3 is 15.5 Å². The topological polar surface area (TPSA) is 134 Å². The Morgan fingerprint density at radius 1 is 1.12 bits per heavy atom. The number of fused-ring (bicyclic) bond motifs is 2. The number of nitrogens with zero attached hydrogens (tertiary/aromatic N) is 5. The van der Waals surface area contributed by atoms with E-state index < -0.39 is 10.8 Å². The van der Waals surface area contributed by atoms with Crippen molar-refractivity contribution in [2.24, 2.45) is 5.41 Å². The van der Waals surface area contributed by atoms with Crippen molar-refractivity contribution in [3.63, 3.8) is 0 Å². The molecule has 11 heteroatoms. The van der Waals surface area contributed by atoms with Crippen molar-refractivity contribution in [1.29, 1.82) is 0 Å². The number of aromatic nitrogens is 4. The highest BCUT2D eigenvalue weighted by Crippen LogP contribution is 2.40. The standard InChI is InChI=1S/C22H22N8O3/c1-21(2)13-4-3-12(9-14(13)25-18(21)32)24-20-27-17-16(23-6-8-30(17)28-20)29-7-5-22(11-29)10-15(31)26-19(22)33/h3-4,6,8-9H,5,7,10-11H2,1-2H3,(H,24,28)(H,25,32)(H,26,31,33)/t22-/m0/s1. The first-order valence-corrected chi connectivity index (χ1v) is 10.8. The lowest BCUT2D eigenvalue weighted by Crippen LogP contribution is -2.34. The fourth-order valence-electron chi connectivity index (χ4n) is 4.95. The van der Waals surface area contributed by atoms with Gasteiger partial charge in [-0.05, 0) is 38.0 Å². The van der Waals surface area contributed by atoms with Gasteiger partial charge in [0.05, 0.1) is 10.8 Å². The Bertz CT molecular complexity index is 1360. The van der Waals surface area contributed by atoms with E-state index in [2.05, 4.69) is 31.0 Å². The molecule has 11 nitrogen and oxygen atoms in total. The monoisotopic (exact) mass is 446 g/mol. The Morgan fingerprint density at radius 2 is 1.97 bits per heavy atom. The lowest BCUT2D eigenvalue weighted by molar-refractivity contribution is -0.128. The van der Waals surface area contributed by atoms with Gasteiger partial charge in [0.1, 0.15) is 0 Å². The Morgan fingerprint density at radius 3 is 2.76 bits per heavy atom. The van der Waals surface area contributed by atoms with Crippen LogP contribution in [-0.2, 0) is 19.8 Å². The largest absolute Gasteiger partial charge is 0.352 e. The van der Waals surface area contributed by atoms with Gasteiger partial charge in [0.25, 0.3) is 0 Å². The molecule has 6 rings (SSSR count). The number of rotatable bonds is 3. The lowest BCUT2D eigenvalue weighted by Gasteiger charge is -2.21. The molecule has 3 aromatic rings. The van der Waals surface area contributed by atoms with Crippen LogP contribution < -0.4 is 20.9 Å². The van der Waals surface area contributed by atoms with Gasteiger partial charge in [0.15, 0.2) is 11.5 Å². The molecule has 1 atom stereocenters. The highest BCUT2D eigenvalue weighted by Gasteiger charge is 2.51. The molecule has 1 aromatic carbocycles. The molecule has 33 heavy (non-hydrogen) atoms. The summed E-state index contributed by atoms with van der Waals surface area (Å²) in [6.45, 7) is 4.80. The highest BCUT2D eigenvalue weighted by atomic mass is 16.2. The summed E-state index contributed by atoms with van der Waals surface area (Å²) in [5.74, 6) is 0.534. The van der Waals surface area contributed by atoms with Crippen molar-refractivity contribution in [2.75, 3.05) is 28.6 Å². The van der Waals surface area contributed by atoms with E-state index in [1.807, 2.05) is 36.9 Å². The predicted molar refractivity (Wildman–Crippen MR) is 119 cm³/mol. The van der Waals surface area contributed by atoms with Crippen molar-refractivity contribution in [3.05, 3.63) is 36.2 Å².